The van der Waals surface area contributed by atoms with Crippen molar-refractivity contribution in [3.63, 3.8) is 0 Å². The zero-order chi connectivity index (χ0) is 13.9. The van der Waals surface area contributed by atoms with Crippen molar-refractivity contribution < 1.29 is 0 Å². The van der Waals surface area contributed by atoms with E-state index in [9.17, 15) is 0 Å². The number of nitrogens with zero attached hydrogens (tertiary/aromatic N) is 2. The maximum absolute atomic E-state index is 5.65. The summed E-state index contributed by atoms with van der Waals surface area (Å²) in [5.74, 6) is 1.35. The van der Waals surface area contributed by atoms with Gasteiger partial charge in [-0.25, -0.2) is 9.97 Å². The van der Waals surface area contributed by atoms with E-state index in [0.717, 1.165) is 18.7 Å². The van der Waals surface area contributed by atoms with Crippen molar-refractivity contribution in [3.05, 3.63) is 47.9 Å². The first kappa shape index (κ1) is 13.7. The molecule has 0 aliphatic heterocycles. The van der Waals surface area contributed by atoms with Crippen LogP contribution >= 0.6 is 0 Å². The molecule has 2 aromatic rings. The van der Waals surface area contributed by atoms with Gasteiger partial charge in [-0.05, 0) is 18.1 Å². The Hall–Kier alpha value is -1.68. The Bertz CT molecular complexity index is 544. The SMILES string of the molecule is C[Si](C)(C)c1ccc(CCc2nccc(N)n2)cc1. The number of nitrogen functional groups attached to an aromatic ring is 1. The van der Waals surface area contributed by atoms with Gasteiger partial charge in [-0.1, -0.05) is 49.1 Å². The lowest BCUT2D eigenvalue weighted by Gasteiger charge is -2.16. The Morgan fingerprint density at radius 1 is 1.00 bits per heavy atom. The van der Waals surface area contributed by atoms with Crippen LogP contribution in [-0.4, -0.2) is 18.0 Å². The molecule has 0 fully saturated rings. The van der Waals surface area contributed by atoms with Crippen molar-refractivity contribution in [2.75, 3.05) is 5.73 Å². The summed E-state index contributed by atoms with van der Waals surface area (Å²) in [6.07, 6.45) is 3.50. The van der Waals surface area contributed by atoms with Gasteiger partial charge in [0.15, 0.2) is 0 Å². The van der Waals surface area contributed by atoms with Crippen LogP contribution < -0.4 is 10.9 Å². The van der Waals surface area contributed by atoms with Gasteiger partial charge in [0.2, 0.25) is 0 Å². The minimum absolute atomic E-state index is 0.541. The lowest BCUT2D eigenvalue weighted by Crippen LogP contribution is -2.37. The predicted octanol–water partition coefficient (Wildman–Crippen LogP) is 2.39. The summed E-state index contributed by atoms with van der Waals surface area (Å²) < 4.78 is 0. The summed E-state index contributed by atoms with van der Waals surface area (Å²) in [6, 6.07) is 10.7. The number of aromatic nitrogens is 2. The molecule has 1 heterocycles. The average Bonchev–Trinajstić information content (AvgIpc) is 2.36. The van der Waals surface area contributed by atoms with Crippen LogP contribution in [0.15, 0.2) is 36.5 Å². The van der Waals surface area contributed by atoms with Crippen molar-refractivity contribution in [1.29, 1.82) is 0 Å². The van der Waals surface area contributed by atoms with Gasteiger partial charge in [-0.2, -0.15) is 0 Å². The molecule has 19 heavy (non-hydrogen) atoms. The van der Waals surface area contributed by atoms with Gasteiger partial charge in [0.25, 0.3) is 0 Å². The second-order valence-corrected chi connectivity index (χ2v) is 10.9. The van der Waals surface area contributed by atoms with E-state index in [1.807, 2.05) is 0 Å². The highest BCUT2D eigenvalue weighted by atomic mass is 28.3. The maximum atomic E-state index is 5.65. The largest absolute Gasteiger partial charge is 0.384 e. The van der Waals surface area contributed by atoms with Gasteiger partial charge in [0.1, 0.15) is 11.6 Å². The zero-order valence-electron chi connectivity index (χ0n) is 11.9. The molecule has 0 saturated heterocycles. The zero-order valence-corrected chi connectivity index (χ0v) is 12.9. The Labute approximate surface area is 115 Å². The Balaban J connectivity index is 2.01. The molecule has 100 valence electrons. The average molecular weight is 271 g/mol. The van der Waals surface area contributed by atoms with Crippen molar-refractivity contribution in [1.82, 2.24) is 9.97 Å². The van der Waals surface area contributed by atoms with Crippen LogP contribution in [0.2, 0.25) is 19.6 Å². The number of hydrogen-bond donors (Lipinski definition) is 1. The van der Waals surface area contributed by atoms with E-state index < -0.39 is 8.07 Å². The Morgan fingerprint density at radius 2 is 1.68 bits per heavy atom. The number of hydrogen-bond acceptors (Lipinski definition) is 3. The number of benzene rings is 1. The first-order chi connectivity index (χ1) is 8.95. The highest BCUT2D eigenvalue weighted by Crippen LogP contribution is 2.07. The van der Waals surface area contributed by atoms with Gasteiger partial charge in [-0.3, -0.25) is 0 Å². The Morgan fingerprint density at radius 3 is 2.26 bits per heavy atom. The smallest absolute Gasteiger partial charge is 0.130 e. The monoisotopic (exact) mass is 271 g/mol. The number of nitrogens with two attached hydrogens (primary N) is 1. The summed E-state index contributed by atoms with van der Waals surface area (Å²) >= 11 is 0. The van der Waals surface area contributed by atoms with Crippen LogP contribution in [0.5, 0.6) is 0 Å². The topological polar surface area (TPSA) is 51.8 Å². The third kappa shape index (κ3) is 3.89. The molecule has 0 atom stereocenters. The first-order valence-corrected chi connectivity index (χ1v) is 10.1. The normalized spacial score (nSPS) is 11.5. The molecule has 0 spiro atoms. The molecule has 0 unspecified atom stereocenters. The van der Waals surface area contributed by atoms with Gasteiger partial charge in [0.05, 0.1) is 8.07 Å². The van der Waals surface area contributed by atoms with Crippen molar-refractivity contribution >= 4 is 19.1 Å². The van der Waals surface area contributed by atoms with E-state index in [1.165, 1.54) is 10.8 Å². The van der Waals surface area contributed by atoms with Gasteiger partial charge < -0.3 is 5.73 Å². The third-order valence-electron chi connectivity index (χ3n) is 3.18. The molecule has 0 bridgehead atoms. The van der Waals surface area contributed by atoms with Gasteiger partial charge >= 0.3 is 0 Å². The van der Waals surface area contributed by atoms with Gasteiger partial charge in [-0.15, -0.1) is 0 Å². The summed E-state index contributed by atoms with van der Waals surface area (Å²) in [4.78, 5) is 8.45. The fraction of sp³-hybridized carbons (Fsp3) is 0.333. The minimum atomic E-state index is -1.19. The van der Waals surface area contributed by atoms with E-state index in [1.54, 1.807) is 12.3 Å². The standard InChI is InChI=1S/C15H21N3Si/c1-19(2,3)13-7-4-12(5-8-13)6-9-15-17-11-10-14(16)18-15/h4-5,7-8,10-11H,6,9H2,1-3H3,(H2,16,17,18). The van der Waals surface area contributed by atoms with Gasteiger partial charge in [0, 0.05) is 12.6 Å². The van der Waals surface area contributed by atoms with Crippen LogP contribution in [0.3, 0.4) is 0 Å². The number of rotatable bonds is 4. The summed E-state index contributed by atoms with van der Waals surface area (Å²) in [5, 5.41) is 1.50. The fourth-order valence-corrected chi connectivity index (χ4v) is 3.13. The van der Waals surface area contributed by atoms with Crippen LogP contribution in [0, 0.1) is 0 Å². The molecule has 3 nitrogen and oxygen atoms in total. The molecule has 0 saturated carbocycles. The van der Waals surface area contributed by atoms with E-state index >= 15 is 0 Å². The molecule has 0 amide bonds. The van der Waals surface area contributed by atoms with Crippen molar-refractivity contribution in [3.8, 4) is 0 Å². The minimum Gasteiger partial charge on any atom is -0.384 e. The predicted molar refractivity (Wildman–Crippen MR) is 83.3 cm³/mol. The molecule has 0 radical (unpaired) electrons. The van der Waals surface area contributed by atoms with Crippen LogP contribution in [-0.2, 0) is 12.8 Å². The molecule has 1 aromatic carbocycles. The summed E-state index contributed by atoms with van der Waals surface area (Å²) in [6.45, 7) is 7.09. The Kier molecular flexibility index (Phi) is 4.00. The third-order valence-corrected chi connectivity index (χ3v) is 5.25. The molecule has 4 heteroatoms. The summed E-state index contributed by atoms with van der Waals surface area (Å²) in [7, 11) is -1.19. The molecule has 2 N–H and O–H groups in total. The van der Waals surface area contributed by atoms with E-state index in [2.05, 4.69) is 53.9 Å². The van der Waals surface area contributed by atoms with Crippen molar-refractivity contribution in [2.45, 2.75) is 32.5 Å². The lowest BCUT2D eigenvalue weighted by atomic mass is 10.1. The highest BCUT2D eigenvalue weighted by Gasteiger charge is 2.15. The highest BCUT2D eigenvalue weighted by molar-refractivity contribution is 6.88. The van der Waals surface area contributed by atoms with Crippen LogP contribution in [0.25, 0.3) is 0 Å². The number of anilines is 1. The fourth-order valence-electron chi connectivity index (χ4n) is 1.96. The molecular formula is C15H21N3Si. The van der Waals surface area contributed by atoms with E-state index in [4.69, 9.17) is 5.73 Å². The van der Waals surface area contributed by atoms with E-state index in [0.29, 0.717) is 5.82 Å². The van der Waals surface area contributed by atoms with Crippen LogP contribution in [0.1, 0.15) is 11.4 Å². The van der Waals surface area contributed by atoms with E-state index in [-0.39, 0.29) is 0 Å². The van der Waals surface area contributed by atoms with Crippen LogP contribution in [0.4, 0.5) is 5.82 Å². The second kappa shape index (κ2) is 5.53. The molecular weight excluding hydrogens is 250 g/mol. The first-order valence-electron chi connectivity index (χ1n) is 6.62. The lowest BCUT2D eigenvalue weighted by molar-refractivity contribution is 0.861. The molecule has 2 rings (SSSR count). The summed E-state index contributed by atoms with van der Waals surface area (Å²) in [5.41, 5.74) is 6.98. The van der Waals surface area contributed by atoms with Crippen molar-refractivity contribution in [2.24, 2.45) is 0 Å². The quantitative estimate of drug-likeness (QED) is 0.869. The molecule has 0 aliphatic rings. The molecule has 1 aromatic heterocycles. The number of aryl methyl sites for hydroxylation is 2. The maximum Gasteiger partial charge on any atom is 0.130 e. The second-order valence-electron chi connectivity index (χ2n) is 5.84. The molecule has 0 aliphatic carbocycles.